The third-order valence-electron chi connectivity index (χ3n) is 1.64. The van der Waals surface area contributed by atoms with Crippen LogP contribution in [0.3, 0.4) is 0 Å². The number of hydrogen-bond donors (Lipinski definition) is 1. The van der Waals surface area contributed by atoms with Crippen LogP contribution < -0.4 is 5.73 Å². The number of nitrogens with zero attached hydrogens (tertiary/aromatic N) is 2. The van der Waals surface area contributed by atoms with Crippen molar-refractivity contribution in [3.8, 4) is 0 Å². The number of carbonyl (C=O) groups excluding carboxylic acids is 1. The highest BCUT2D eigenvalue weighted by Crippen LogP contribution is 2.14. The zero-order chi connectivity index (χ0) is 13.8. The van der Waals surface area contributed by atoms with Gasteiger partial charge in [-0.25, -0.2) is 9.78 Å². The Kier molecular flexibility index (Phi) is 4.66. The first-order chi connectivity index (χ1) is 8.33. The summed E-state index contributed by atoms with van der Waals surface area (Å²) in [6.45, 7) is 7.46. The number of nitrogen functional groups attached to an aromatic ring is 1. The fourth-order valence-electron chi connectivity index (χ4n) is 0.967. The molecule has 0 aromatic carbocycles. The minimum absolute atomic E-state index is 0.0275. The predicted molar refractivity (Wildman–Crippen MR) is 70.5 cm³/mol. The summed E-state index contributed by atoms with van der Waals surface area (Å²) in [7, 11) is 0. The molecule has 2 N–H and O–H groups in total. The second-order valence-corrected chi connectivity index (χ2v) is 5.32. The number of anilines is 1. The van der Waals surface area contributed by atoms with Gasteiger partial charge in [-0.3, -0.25) is 0 Å². The van der Waals surface area contributed by atoms with Crippen LogP contribution in [-0.2, 0) is 14.4 Å². The summed E-state index contributed by atoms with van der Waals surface area (Å²) < 4.78 is 4.91. The lowest BCUT2D eigenvalue weighted by molar-refractivity contribution is -0.135. The maximum Gasteiger partial charge on any atom is 0.362 e. The molecule has 1 heterocycles. The van der Waals surface area contributed by atoms with E-state index >= 15 is 0 Å². The third-order valence-corrected chi connectivity index (χ3v) is 2.32. The molecule has 0 unspecified atom stereocenters. The van der Waals surface area contributed by atoms with Crippen LogP contribution in [0.15, 0.2) is 10.5 Å². The van der Waals surface area contributed by atoms with Crippen molar-refractivity contribution in [2.24, 2.45) is 5.16 Å². The average Bonchev–Trinajstić information content (AvgIpc) is 2.64. The minimum atomic E-state index is -0.577. The average molecular weight is 271 g/mol. The molecule has 1 rings (SSSR count). The summed E-state index contributed by atoms with van der Waals surface area (Å²) in [6, 6.07) is 0. The van der Waals surface area contributed by atoms with E-state index in [2.05, 4.69) is 10.1 Å². The molecule has 0 amide bonds. The molecule has 0 saturated carbocycles. The smallest absolute Gasteiger partial charge is 0.362 e. The van der Waals surface area contributed by atoms with Crippen molar-refractivity contribution in [3.05, 3.63) is 11.1 Å². The van der Waals surface area contributed by atoms with Crippen molar-refractivity contribution in [1.82, 2.24) is 4.98 Å². The number of esters is 1. The van der Waals surface area contributed by atoms with E-state index in [0.717, 1.165) is 0 Å². The van der Waals surface area contributed by atoms with E-state index in [1.807, 2.05) is 20.8 Å². The van der Waals surface area contributed by atoms with Crippen molar-refractivity contribution in [2.45, 2.75) is 33.3 Å². The fraction of sp³-hybridized carbons (Fsp3) is 0.545. The Morgan fingerprint density at radius 3 is 2.67 bits per heavy atom. The van der Waals surface area contributed by atoms with Gasteiger partial charge in [0.25, 0.3) is 0 Å². The van der Waals surface area contributed by atoms with Crippen LogP contribution >= 0.6 is 11.3 Å². The Hall–Kier alpha value is -1.63. The normalized spacial score (nSPS) is 12.3. The van der Waals surface area contributed by atoms with Crippen molar-refractivity contribution in [1.29, 1.82) is 0 Å². The Morgan fingerprint density at radius 2 is 2.22 bits per heavy atom. The molecule has 7 heteroatoms. The summed E-state index contributed by atoms with van der Waals surface area (Å²) in [5, 5.41) is 5.82. The summed E-state index contributed by atoms with van der Waals surface area (Å²) in [6.07, 6.45) is 0. The van der Waals surface area contributed by atoms with Crippen LogP contribution in [0.2, 0.25) is 0 Å². The largest absolute Gasteiger partial charge is 0.461 e. The molecule has 0 spiro atoms. The second kappa shape index (κ2) is 5.81. The van der Waals surface area contributed by atoms with Gasteiger partial charge in [0.1, 0.15) is 11.3 Å². The van der Waals surface area contributed by atoms with Gasteiger partial charge in [-0.1, -0.05) is 5.16 Å². The quantitative estimate of drug-likeness (QED) is 0.512. The van der Waals surface area contributed by atoms with Crippen molar-refractivity contribution < 1.29 is 14.4 Å². The van der Waals surface area contributed by atoms with Gasteiger partial charge in [0.05, 0.1) is 6.61 Å². The highest BCUT2D eigenvalue weighted by molar-refractivity contribution is 7.13. The molecule has 0 bridgehead atoms. The molecule has 0 saturated heterocycles. The van der Waals surface area contributed by atoms with E-state index < -0.39 is 11.6 Å². The van der Waals surface area contributed by atoms with E-state index in [0.29, 0.717) is 10.8 Å². The molecule has 1 aromatic heterocycles. The molecule has 18 heavy (non-hydrogen) atoms. The van der Waals surface area contributed by atoms with Crippen LogP contribution in [-0.4, -0.2) is 28.9 Å². The monoisotopic (exact) mass is 271 g/mol. The Balaban J connectivity index is 2.99. The predicted octanol–water partition coefficient (Wildman–Crippen LogP) is 1.81. The molecular weight excluding hydrogens is 254 g/mol. The number of ether oxygens (including phenoxy) is 1. The number of hydrogen-bond acceptors (Lipinski definition) is 7. The fourth-order valence-corrected chi connectivity index (χ4v) is 1.51. The van der Waals surface area contributed by atoms with Gasteiger partial charge in [-0.05, 0) is 27.7 Å². The van der Waals surface area contributed by atoms with E-state index in [4.69, 9.17) is 15.3 Å². The van der Waals surface area contributed by atoms with Gasteiger partial charge in [-0.15, -0.1) is 11.3 Å². The van der Waals surface area contributed by atoms with Crippen molar-refractivity contribution in [2.75, 3.05) is 12.3 Å². The van der Waals surface area contributed by atoms with Gasteiger partial charge >= 0.3 is 5.97 Å². The highest BCUT2D eigenvalue weighted by Gasteiger charge is 2.21. The van der Waals surface area contributed by atoms with E-state index in [1.54, 1.807) is 12.3 Å². The number of oxime groups is 1. The molecule has 6 nitrogen and oxygen atoms in total. The summed E-state index contributed by atoms with van der Waals surface area (Å²) >= 11 is 1.22. The van der Waals surface area contributed by atoms with E-state index in [-0.39, 0.29) is 12.3 Å². The lowest BCUT2D eigenvalue weighted by Crippen LogP contribution is -2.23. The minimum Gasteiger partial charge on any atom is -0.461 e. The summed E-state index contributed by atoms with van der Waals surface area (Å²) in [5.41, 5.74) is 5.42. The van der Waals surface area contributed by atoms with Gasteiger partial charge in [0, 0.05) is 5.38 Å². The Labute approximate surface area is 110 Å². The molecule has 0 aliphatic rings. The topological polar surface area (TPSA) is 86.8 Å². The Bertz CT molecular complexity index is 449. The zero-order valence-corrected chi connectivity index (χ0v) is 11.7. The summed E-state index contributed by atoms with van der Waals surface area (Å²) in [4.78, 5) is 21.0. The van der Waals surface area contributed by atoms with Gasteiger partial charge < -0.3 is 15.3 Å². The van der Waals surface area contributed by atoms with Crippen LogP contribution in [0.1, 0.15) is 33.4 Å². The third kappa shape index (κ3) is 4.33. The molecule has 0 radical (unpaired) electrons. The van der Waals surface area contributed by atoms with Crippen LogP contribution in [0.4, 0.5) is 5.13 Å². The first kappa shape index (κ1) is 14.4. The van der Waals surface area contributed by atoms with Crippen LogP contribution in [0, 0.1) is 0 Å². The van der Waals surface area contributed by atoms with E-state index in [1.165, 1.54) is 11.3 Å². The molecule has 100 valence electrons. The lowest BCUT2D eigenvalue weighted by atomic mass is 10.2. The van der Waals surface area contributed by atoms with Crippen LogP contribution in [0.5, 0.6) is 0 Å². The Morgan fingerprint density at radius 1 is 1.56 bits per heavy atom. The number of nitrogens with two attached hydrogens (primary N) is 1. The van der Waals surface area contributed by atoms with Gasteiger partial charge in [0.15, 0.2) is 5.13 Å². The summed E-state index contributed by atoms with van der Waals surface area (Å²) in [5.74, 6) is -0.577. The molecule has 0 aliphatic heterocycles. The maximum atomic E-state index is 11.8. The van der Waals surface area contributed by atoms with Crippen molar-refractivity contribution >= 4 is 28.1 Å². The first-order valence-corrected chi connectivity index (χ1v) is 6.36. The van der Waals surface area contributed by atoms with E-state index in [9.17, 15) is 4.79 Å². The number of aromatic nitrogens is 1. The number of rotatable bonds is 4. The lowest BCUT2D eigenvalue weighted by Gasteiger charge is -2.16. The second-order valence-electron chi connectivity index (χ2n) is 4.44. The van der Waals surface area contributed by atoms with Gasteiger partial charge in [0.2, 0.25) is 5.71 Å². The SMILES string of the molecule is CCOC(=O)/C(=N/OC(C)(C)C)c1csc(N)n1. The number of carbonyl (C=O) groups is 1. The molecular formula is C11H17N3O3S. The van der Waals surface area contributed by atoms with Crippen LogP contribution in [0.25, 0.3) is 0 Å². The molecule has 1 aromatic rings. The highest BCUT2D eigenvalue weighted by atomic mass is 32.1. The standard InChI is InChI=1S/C11H17N3O3S/c1-5-16-9(15)8(14-17-11(2,3)4)7-6-18-10(12)13-7/h6H,5H2,1-4H3,(H2,12,13)/b14-8+. The molecule has 0 atom stereocenters. The molecule has 0 aliphatic carbocycles. The number of thiazole rings is 1. The van der Waals surface area contributed by atoms with Crippen molar-refractivity contribution in [3.63, 3.8) is 0 Å². The zero-order valence-electron chi connectivity index (χ0n) is 10.9. The molecule has 0 fully saturated rings. The maximum absolute atomic E-state index is 11.8. The van der Waals surface area contributed by atoms with Gasteiger partial charge in [-0.2, -0.15) is 0 Å². The first-order valence-electron chi connectivity index (χ1n) is 5.48.